The second kappa shape index (κ2) is 8.51. The maximum atomic E-state index is 12.5. The maximum absolute atomic E-state index is 12.5. The van der Waals surface area contributed by atoms with E-state index in [-0.39, 0.29) is 15.8 Å². The predicted octanol–water partition coefficient (Wildman–Crippen LogP) is 6.65. The number of thioether (sulfide) groups is 1. The standard InChI is InChI=1S/C19H19Cl2F3N2OS/c1-11(13-7-5-12(6-8-13)9-15(20)19(22,23)24)28-14-10-25-26(18(2,3)4)17(27)16(14)21/h5-11H,1-4H3. The molecule has 1 aromatic heterocycles. The Morgan fingerprint density at radius 2 is 1.79 bits per heavy atom. The molecule has 1 heterocycles. The largest absolute Gasteiger partial charge is 0.426 e. The molecule has 2 aromatic rings. The Labute approximate surface area is 175 Å². The summed E-state index contributed by atoms with van der Waals surface area (Å²) in [5, 5.41) is 3.01. The third-order valence-electron chi connectivity index (χ3n) is 3.80. The van der Waals surface area contributed by atoms with Crippen LogP contribution in [0.15, 0.2) is 45.2 Å². The van der Waals surface area contributed by atoms with Crippen LogP contribution in [0, 0.1) is 0 Å². The van der Waals surface area contributed by atoms with Crippen molar-refractivity contribution in [1.82, 2.24) is 9.78 Å². The number of hydrogen-bond acceptors (Lipinski definition) is 3. The van der Waals surface area contributed by atoms with Crippen molar-refractivity contribution in [2.45, 2.75) is 49.6 Å². The molecule has 0 N–H and O–H groups in total. The molecule has 0 aliphatic rings. The highest BCUT2D eigenvalue weighted by molar-refractivity contribution is 7.99. The second-order valence-corrected chi connectivity index (χ2v) is 9.30. The SMILES string of the molecule is CC(Sc1cnn(C(C)(C)C)c(=O)c1Cl)c1ccc(C=C(Cl)C(F)(F)F)cc1. The molecule has 0 radical (unpaired) electrons. The van der Waals surface area contributed by atoms with Crippen molar-refractivity contribution in [2.75, 3.05) is 0 Å². The summed E-state index contributed by atoms with van der Waals surface area (Å²) in [6.07, 6.45) is -2.15. The van der Waals surface area contributed by atoms with Crippen molar-refractivity contribution in [3.8, 4) is 0 Å². The van der Waals surface area contributed by atoms with Crippen LogP contribution < -0.4 is 5.56 Å². The molecule has 0 saturated heterocycles. The highest BCUT2D eigenvalue weighted by Crippen LogP contribution is 2.37. The number of allylic oxidation sites excluding steroid dienone is 1. The predicted molar refractivity (Wildman–Crippen MR) is 109 cm³/mol. The van der Waals surface area contributed by atoms with Crippen LogP contribution in [0.25, 0.3) is 6.08 Å². The number of rotatable bonds is 4. The smallest absolute Gasteiger partial charge is 0.266 e. The number of alkyl halides is 3. The quantitative estimate of drug-likeness (QED) is 0.489. The van der Waals surface area contributed by atoms with Gasteiger partial charge in [0.05, 0.1) is 16.6 Å². The summed E-state index contributed by atoms with van der Waals surface area (Å²) in [5.74, 6) is 0. The van der Waals surface area contributed by atoms with E-state index in [9.17, 15) is 18.0 Å². The first kappa shape index (κ1) is 22.8. The van der Waals surface area contributed by atoms with E-state index in [1.807, 2.05) is 27.7 Å². The van der Waals surface area contributed by atoms with E-state index in [2.05, 4.69) is 5.10 Å². The van der Waals surface area contributed by atoms with Crippen LogP contribution in [0.3, 0.4) is 0 Å². The average molecular weight is 451 g/mol. The minimum absolute atomic E-state index is 0.0956. The van der Waals surface area contributed by atoms with Gasteiger partial charge in [0.2, 0.25) is 0 Å². The molecule has 0 saturated carbocycles. The Hall–Kier alpha value is -1.44. The van der Waals surface area contributed by atoms with Gasteiger partial charge in [-0.25, -0.2) is 4.68 Å². The van der Waals surface area contributed by atoms with Crippen molar-refractivity contribution in [2.24, 2.45) is 0 Å². The Kier molecular flexibility index (Phi) is 6.94. The van der Waals surface area contributed by atoms with Gasteiger partial charge in [-0.2, -0.15) is 18.3 Å². The first-order valence-corrected chi connectivity index (χ1v) is 9.93. The van der Waals surface area contributed by atoms with Crippen molar-refractivity contribution in [3.05, 3.63) is 62.0 Å². The third-order valence-corrected chi connectivity index (χ3v) is 5.79. The highest BCUT2D eigenvalue weighted by Gasteiger charge is 2.32. The molecule has 1 atom stereocenters. The lowest BCUT2D eigenvalue weighted by atomic mass is 10.1. The number of aromatic nitrogens is 2. The van der Waals surface area contributed by atoms with Gasteiger partial charge in [0, 0.05) is 5.25 Å². The van der Waals surface area contributed by atoms with Gasteiger partial charge in [-0.1, -0.05) is 47.5 Å². The number of benzene rings is 1. The van der Waals surface area contributed by atoms with Gasteiger partial charge < -0.3 is 0 Å². The fraction of sp³-hybridized carbons (Fsp3) is 0.368. The number of halogens is 5. The van der Waals surface area contributed by atoms with Crippen LogP contribution in [-0.4, -0.2) is 16.0 Å². The molecule has 28 heavy (non-hydrogen) atoms. The zero-order valence-electron chi connectivity index (χ0n) is 15.6. The summed E-state index contributed by atoms with van der Waals surface area (Å²) >= 11 is 12.8. The average Bonchev–Trinajstić information content (AvgIpc) is 2.57. The van der Waals surface area contributed by atoms with Crippen molar-refractivity contribution >= 4 is 41.0 Å². The molecule has 0 spiro atoms. The summed E-state index contributed by atoms with van der Waals surface area (Å²) in [4.78, 5) is 13.0. The van der Waals surface area contributed by atoms with E-state index in [1.54, 1.807) is 30.5 Å². The number of nitrogens with zero attached hydrogens (tertiary/aromatic N) is 2. The van der Waals surface area contributed by atoms with Crippen molar-refractivity contribution < 1.29 is 13.2 Å². The Balaban J connectivity index is 2.21. The second-order valence-electron chi connectivity index (χ2n) is 7.13. The maximum Gasteiger partial charge on any atom is 0.426 e. The van der Waals surface area contributed by atoms with Gasteiger partial charge in [0.15, 0.2) is 0 Å². The zero-order valence-corrected chi connectivity index (χ0v) is 18.0. The lowest BCUT2D eigenvalue weighted by Gasteiger charge is -2.21. The lowest BCUT2D eigenvalue weighted by molar-refractivity contribution is -0.0836. The molecule has 1 unspecified atom stereocenters. The van der Waals surface area contributed by atoms with Gasteiger partial charge in [-0.3, -0.25) is 4.79 Å². The van der Waals surface area contributed by atoms with Crippen LogP contribution in [0.5, 0.6) is 0 Å². The van der Waals surface area contributed by atoms with Gasteiger partial charge >= 0.3 is 6.18 Å². The third kappa shape index (κ3) is 5.55. The van der Waals surface area contributed by atoms with Crippen LogP contribution in [-0.2, 0) is 5.54 Å². The summed E-state index contributed by atoms with van der Waals surface area (Å²) in [7, 11) is 0. The van der Waals surface area contributed by atoms with E-state index >= 15 is 0 Å². The van der Waals surface area contributed by atoms with E-state index in [1.165, 1.54) is 16.4 Å². The summed E-state index contributed by atoms with van der Waals surface area (Å²) in [6, 6.07) is 6.53. The van der Waals surface area contributed by atoms with Crippen LogP contribution in [0.1, 0.15) is 44.1 Å². The molecule has 0 amide bonds. The van der Waals surface area contributed by atoms with Gasteiger partial charge in [0.1, 0.15) is 10.1 Å². The topological polar surface area (TPSA) is 34.9 Å². The molecule has 0 aliphatic carbocycles. The molecule has 0 bridgehead atoms. The number of hydrogen-bond donors (Lipinski definition) is 0. The normalized spacial score (nSPS) is 14.2. The Bertz CT molecular complexity index is 932. The van der Waals surface area contributed by atoms with Crippen LogP contribution in [0.4, 0.5) is 13.2 Å². The fourth-order valence-corrected chi connectivity index (χ4v) is 3.69. The zero-order chi connectivity index (χ0) is 21.3. The molecular weight excluding hydrogens is 432 g/mol. The lowest BCUT2D eigenvalue weighted by Crippen LogP contribution is -2.36. The summed E-state index contributed by atoms with van der Waals surface area (Å²) in [5.41, 5.74) is 0.349. The van der Waals surface area contributed by atoms with Crippen LogP contribution >= 0.6 is 35.0 Å². The van der Waals surface area contributed by atoms with E-state index in [0.717, 1.165) is 11.6 Å². The Morgan fingerprint density at radius 3 is 2.29 bits per heavy atom. The molecule has 152 valence electrons. The van der Waals surface area contributed by atoms with Crippen LogP contribution in [0.2, 0.25) is 5.02 Å². The molecule has 9 heteroatoms. The van der Waals surface area contributed by atoms with E-state index in [4.69, 9.17) is 23.2 Å². The molecule has 0 aliphatic heterocycles. The highest BCUT2D eigenvalue weighted by atomic mass is 35.5. The molecular formula is C19H19Cl2F3N2OS. The van der Waals surface area contributed by atoms with Gasteiger partial charge in [-0.15, -0.1) is 11.8 Å². The van der Waals surface area contributed by atoms with E-state index in [0.29, 0.717) is 10.5 Å². The minimum Gasteiger partial charge on any atom is -0.266 e. The molecule has 2 rings (SSSR count). The first-order chi connectivity index (χ1) is 12.8. The summed E-state index contributed by atoms with van der Waals surface area (Å²) in [6.45, 7) is 7.47. The molecule has 3 nitrogen and oxygen atoms in total. The molecule has 0 fully saturated rings. The Morgan fingerprint density at radius 1 is 1.21 bits per heavy atom. The fourth-order valence-electron chi connectivity index (χ4n) is 2.33. The van der Waals surface area contributed by atoms with Gasteiger partial charge in [-0.05, 0) is 44.9 Å². The van der Waals surface area contributed by atoms with Gasteiger partial charge in [0.25, 0.3) is 5.56 Å². The summed E-state index contributed by atoms with van der Waals surface area (Å²) < 4.78 is 38.9. The van der Waals surface area contributed by atoms with Crippen molar-refractivity contribution in [3.63, 3.8) is 0 Å². The first-order valence-electron chi connectivity index (χ1n) is 8.30. The monoisotopic (exact) mass is 450 g/mol. The minimum atomic E-state index is -4.57. The van der Waals surface area contributed by atoms with E-state index < -0.39 is 16.7 Å². The molecule has 1 aromatic carbocycles. The van der Waals surface area contributed by atoms with Crippen molar-refractivity contribution in [1.29, 1.82) is 0 Å².